The molecule has 4 aromatic carbocycles. The number of nitrogens with zero attached hydrogens (tertiary/aromatic N) is 2. The van der Waals surface area contributed by atoms with Crippen molar-refractivity contribution in [3.63, 3.8) is 0 Å². The molecule has 0 atom stereocenters. The maximum atomic E-state index is 13.4. The fourth-order valence-corrected chi connectivity index (χ4v) is 6.19. The molecule has 1 fully saturated rings. The third kappa shape index (κ3) is 5.34. The summed E-state index contributed by atoms with van der Waals surface area (Å²) in [4.78, 5) is 20.3. The number of carbonyl (C=O) groups excluding carboxylic acids is 1. The molecule has 1 amide bonds. The van der Waals surface area contributed by atoms with Crippen LogP contribution < -0.4 is 10.2 Å². The molecule has 5 aromatic rings. The average Bonchev–Trinajstić information content (AvgIpc) is 3.45. The minimum Gasteiger partial charge on any atom is -0.364 e. The Morgan fingerprint density at radius 3 is 2.42 bits per heavy atom. The first-order chi connectivity index (χ1) is 18.7. The van der Waals surface area contributed by atoms with Crippen LogP contribution in [0.4, 0.5) is 11.4 Å². The van der Waals surface area contributed by atoms with E-state index >= 15 is 0 Å². The highest BCUT2D eigenvalue weighted by molar-refractivity contribution is 7.16. The number of anilines is 2. The van der Waals surface area contributed by atoms with E-state index in [0.717, 1.165) is 28.0 Å². The normalized spacial score (nSPS) is 13.9. The van der Waals surface area contributed by atoms with Gasteiger partial charge in [-0.05, 0) is 72.0 Å². The molecule has 4 nitrogen and oxygen atoms in total. The Kier molecular flexibility index (Phi) is 7.18. The summed E-state index contributed by atoms with van der Waals surface area (Å²) in [6, 6.07) is 33.7. The van der Waals surface area contributed by atoms with Gasteiger partial charge in [-0.2, -0.15) is 0 Å². The fourth-order valence-electron chi connectivity index (χ4n) is 5.53. The van der Waals surface area contributed by atoms with Gasteiger partial charge in [-0.25, -0.2) is 4.98 Å². The lowest BCUT2D eigenvalue weighted by molar-refractivity contribution is 0.102. The van der Waals surface area contributed by atoms with Gasteiger partial charge in [-0.3, -0.25) is 4.79 Å². The highest BCUT2D eigenvalue weighted by atomic mass is 32.1. The highest BCUT2D eigenvalue weighted by Crippen LogP contribution is 2.33. The van der Waals surface area contributed by atoms with Gasteiger partial charge in [-0.15, -0.1) is 11.3 Å². The van der Waals surface area contributed by atoms with E-state index < -0.39 is 0 Å². The van der Waals surface area contributed by atoms with Crippen LogP contribution in [-0.2, 0) is 6.54 Å². The van der Waals surface area contributed by atoms with E-state index in [0.29, 0.717) is 11.6 Å². The van der Waals surface area contributed by atoms with E-state index in [1.54, 1.807) is 11.3 Å². The molecule has 0 radical (unpaired) electrons. The summed E-state index contributed by atoms with van der Waals surface area (Å²) in [6.07, 6.45) is 6.26. The topological polar surface area (TPSA) is 45.2 Å². The number of hydrogen-bond donors (Lipinski definition) is 1. The van der Waals surface area contributed by atoms with Crippen LogP contribution >= 0.6 is 11.3 Å². The van der Waals surface area contributed by atoms with Crippen molar-refractivity contribution in [2.24, 2.45) is 0 Å². The second kappa shape index (κ2) is 11.2. The standard InChI is InChI=1S/C33H31N3OS/c37-33(35-27-17-19-32-31(21-27)34-23-38-32)25-16-18-30(24-10-4-1-5-11-24)26(20-25)22-36(28-12-6-2-7-13-28)29-14-8-3-9-15-29/h1-2,4-7,10-13,16-21,23,29H,3,8-9,14-15,22H2,(H,35,37). The number of aromatic nitrogens is 1. The van der Waals surface area contributed by atoms with E-state index in [4.69, 9.17) is 0 Å². The zero-order valence-electron chi connectivity index (χ0n) is 21.3. The Balaban J connectivity index is 1.35. The lowest BCUT2D eigenvalue weighted by Gasteiger charge is -2.37. The van der Waals surface area contributed by atoms with E-state index in [2.05, 4.69) is 81.9 Å². The van der Waals surface area contributed by atoms with Gasteiger partial charge in [0.05, 0.1) is 15.7 Å². The van der Waals surface area contributed by atoms with Gasteiger partial charge < -0.3 is 10.2 Å². The van der Waals surface area contributed by atoms with Gasteiger partial charge in [-0.1, -0.05) is 73.9 Å². The van der Waals surface area contributed by atoms with Crippen molar-refractivity contribution >= 4 is 38.8 Å². The maximum Gasteiger partial charge on any atom is 0.255 e. The number of fused-ring (bicyclic) bond motifs is 1. The van der Waals surface area contributed by atoms with Crippen LogP contribution in [0.25, 0.3) is 21.3 Å². The maximum absolute atomic E-state index is 13.4. The number of rotatable bonds is 7. The zero-order valence-corrected chi connectivity index (χ0v) is 22.2. The second-order valence-corrected chi connectivity index (χ2v) is 10.9. The van der Waals surface area contributed by atoms with Gasteiger partial charge in [0, 0.05) is 29.5 Å². The van der Waals surface area contributed by atoms with Gasteiger partial charge >= 0.3 is 0 Å². The minimum absolute atomic E-state index is 0.107. The molecule has 0 unspecified atom stereocenters. The van der Waals surface area contributed by atoms with Crippen molar-refractivity contribution in [2.75, 3.05) is 10.2 Å². The molecule has 5 heteroatoms. The van der Waals surface area contributed by atoms with Gasteiger partial charge in [0.15, 0.2) is 0 Å². The van der Waals surface area contributed by atoms with Gasteiger partial charge in [0.2, 0.25) is 0 Å². The second-order valence-electron chi connectivity index (χ2n) is 9.98. The molecule has 1 saturated carbocycles. The SMILES string of the molecule is O=C(Nc1ccc2scnc2c1)c1ccc(-c2ccccc2)c(CN(c2ccccc2)C2CCCCC2)c1. The Morgan fingerprint density at radius 2 is 1.63 bits per heavy atom. The largest absolute Gasteiger partial charge is 0.364 e. The average molecular weight is 518 g/mol. The van der Waals surface area contributed by atoms with Crippen molar-refractivity contribution in [1.29, 1.82) is 0 Å². The lowest BCUT2D eigenvalue weighted by Crippen LogP contribution is -2.36. The minimum atomic E-state index is -0.107. The summed E-state index contributed by atoms with van der Waals surface area (Å²) >= 11 is 1.60. The number of para-hydroxylation sites is 1. The summed E-state index contributed by atoms with van der Waals surface area (Å²) in [5.41, 5.74) is 8.89. The number of amides is 1. The quantitative estimate of drug-likeness (QED) is 0.235. The van der Waals surface area contributed by atoms with Crippen LogP contribution in [0.15, 0.2) is 103 Å². The predicted molar refractivity (Wildman–Crippen MR) is 159 cm³/mol. The molecule has 1 heterocycles. The third-order valence-corrected chi connectivity index (χ3v) is 8.29. The van der Waals surface area contributed by atoms with Crippen LogP contribution in [0.5, 0.6) is 0 Å². The monoisotopic (exact) mass is 517 g/mol. The first-order valence-electron chi connectivity index (χ1n) is 13.4. The molecule has 6 rings (SSSR count). The van der Waals surface area contributed by atoms with Crippen molar-refractivity contribution in [3.05, 3.63) is 114 Å². The smallest absolute Gasteiger partial charge is 0.255 e. The number of benzene rings is 4. The van der Waals surface area contributed by atoms with Crippen molar-refractivity contribution in [2.45, 2.75) is 44.7 Å². The van der Waals surface area contributed by atoms with Crippen molar-refractivity contribution in [1.82, 2.24) is 4.98 Å². The van der Waals surface area contributed by atoms with E-state index in [1.807, 2.05) is 35.8 Å². The Bertz CT molecular complexity index is 1520. The molecule has 0 aliphatic heterocycles. The Hall–Kier alpha value is -3.96. The van der Waals surface area contributed by atoms with Crippen LogP contribution in [-0.4, -0.2) is 16.9 Å². The molecule has 0 bridgehead atoms. The molecule has 190 valence electrons. The van der Waals surface area contributed by atoms with E-state index in [-0.39, 0.29) is 5.91 Å². The third-order valence-electron chi connectivity index (χ3n) is 7.48. The molecule has 1 aliphatic rings. The number of thiazole rings is 1. The molecule has 0 spiro atoms. The predicted octanol–water partition coefficient (Wildman–Crippen LogP) is 8.55. The Labute approximate surface area is 228 Å². The highest BCUT2D eigenvalue weighted by Gasteiger charge is 2.23. The first kappa shape index (κ1) is 24.4. The lowest BCUT2D eigenvalue weighted by atomic mass is 9.92. The molecule has 1 aromatic heterocycles. The molecular formula is C33H31N3OS. The van der Waals surface area contributed by atoms with Gasteiger partial charge in [0.25, 0.3) is 5.91 Å². The van der Waals surface area contributed by atoms with Crippen LogP contribution in [0.3, 0.4) is 0 Å². The van der Waals surface area contributed by atoms with Crippen molar-refractivity contribution in [3.8, 4) is 11.1 Å². The van der Waals surface area contributed by atoms with E-state index in [1.165, 1.54) is 48.9 Å². The van der Waals surface area contributed by atoms with Gasteiger partial charge in [0.1, 0.15) is 0 Å². The summed E-state index contributed by atoms with van der Waals surface area (Å²) in [7, 11) is 0. The molecule has 0 saturated heterocycles. The number of hydrogen-bond acceptors (Lipinski definition) is 4. The zero-order chi connectivity index (χ0) is 25.7. The van der Waals surface area contributed by atoms with Crippen LogP contribution in [0.2, 0.25) is 0 Å². The van der Waals surface area contributed by atoms with Crippen molar-refractivity contribution < 1.29 is 4.79 Å². The van der Waals surface area contributed by atoms with Crippen LogP contribution in [0.1, 0.15) is 48.0 Å². The Morgan fingerprint density at radius 1 is 0.868 bits per heavy atom. The number of nitrogens with one attached hydrogen (secondary N) is 1. The van der Waals surface area contributed by atoms with E-state index in [9.17, 15) is 4.79 Å². The number of carbonyl (C=O) groups is 1. The first-order valence-corrected chi connectivity index (χ1v) is 14.3. The summed E-state index contributed by atoms with van der Waals surface area (Å²) in [5.74, 6) is -0.107. The molecule has 38 heavy (non-hydrogen) atoms. The fraction of sp³-hybridized carbons (Fsp3) is 0.212. The van der Waals surface area contributed by atoms with Crippen LogP contribution in [0, 0.1) is 0 Å². The summed E-state index contributed by atoms with van der Waals surface area (Å²) < 4.78 is 1.11. The summed E-state index contributed by atoms with van der Waals surface area (Å²) in [5, 5.41) is 3.09. The molecule has 1 aliphatic carbocycles. The summed E-state index contributed by atoms with van der Waals surface area (Å²) in [6.45, 7) is 0.755. The molecular weight excluding hydrogens is 486 g/mol. The molecule has 1 N–H and O–H groups in total.